The molecule has 14 heavy (non-hydrogen) atoms. The van der Waals surface area contributed by atoms with Crippen molar-refractivity contribution in [2.75, 3.05) is 0 Å². The third-order valence-corrected chi connectivity index (χ3v) is 3.51. The Morgan fingerprint density at radius 1 is 1.07 bits per heavy atom. The normalized spacial score (nSPS) is 28.9. The van der Waals surface area contributed by atoms with E-state index in [-0.39, 0.29) is 0 Å². The molecule has 0 bridgehead atoms. The van der Waals surface area contributed by atoms with Gasteiger partial charge in [-0.3, -0.25) is 0 Å². The first kappa shape index (κ1) is 9.72. The molecule has 1 heteroatoms. The Hall–Kier alpha value is -0.820. The number of benzene rings is 1. The highest BCUT2D eigenvalue weighted by Crippen LogP contribution is 2.57. The molecule has 1 aliphatic carbocycles. The van der Waals surface area contributed by atoms with Crippen LogP contribution in [-0.4, -0.2) is 6.04 Å². The van der Waals surface area contributed by atoms with Crippen molar-refractivity contribution < 1.29 is 0 Å². The van der Waals surface area contributed by atoms with Gasteiger partial charge in [-0.1, -0.05) is 43.2 Å². The van der Waals surface area contributed by atoms with Crippen molar-refractivity contribution in [1.29, 1.82) is 0 Å². The lowest BCUT2D eigenvalue weighted by Crippen LogP contribution is -2.06. The summed E-state index contributed by atoms with van der Waals surface area (Å²) in [6, 6.07) is 7.09. The first-order valence-electron chi connectivity index (χ1n) is 5.26. The Balaban J connectivity index is 2.35. The highest BCUT2D eigenvalue weighted by molar-refractivity contribution is 5.38. The van der Waals surface area contributed by atoms with Crippen LogP contribution in [0.4, 0.5) is 0 Å². The predicted octanol–water partition coefficient (Wildman–Crippen LogP) is 2.75. The quantitative estimate of drug-likeness (QED) is 0.722. The Labute approximate surface area is 86.3 Å². The molecule has 0 saturated heterocycles. The first-order chi connectivity index (χ1) is 6.43. The van der Waals surface area contributed by atoms with Gasteiger partial charge in [0.15, 0.2) is 0 Å². The third kappa shape index (κ3) is 1.36. The second-order valence-electron chi connectivity index (χ2n) is 5.25. The maximum Gasteiger partial charge on any atom is 0.0172 e. The van der Waals surface area contributed by atoms with Crippen LogP contribution in [0.25, 0.3) is 0 Å². The van der Waals surface area contributed by atoms with Crippen LogP contribution in [0, 0.1) is 19.3 Å². The van der Waals surface area contributed by atoms with Gasteiger partial charge in [0, 0.05) is 12.0 Å². The molecule has 1 aromatic carbocycles. The molecule has 1 saturated carbocycles. The number of rotatable bonds is 1. The van der Waals surface area contributed by atoms with Crippen LogP contribution < -0.4 is 5.73 Å². The molecular formula is C13H19N. The van der Waals surface area contributed by atoms with Gasteiger partial charge < -0.3 is 5.73 Å². The van der Waals surface area contributed by atoms with Gasteiger partial charge in [-0.2, -0.15) is 0 Å². The average Bonchev–Trinajstić information content (AvgIpc) is 2.48. The van der Waals surface area contributed by atoms with Crippen molar-refractivity contribution in [3.63, 3.8) is 0 Å². The molecule has 0 heterocycles. The molecule has 2 N–H and O–H groups in total. The van der Waals surface area contributed by atoms with Gasteiger partial charge in [-0.05, 0) is 24.8 Å². The van der Waals surface area contributed by atoms with Gasteiger partial charge in [0.2, 0.25) is 0 Å². The topological polar surface area (TPSA) is 26.0 Å². The van der Waals surface area contributed by atoms with Crippen molar-refractivity contribution in [2.24, 2.45) is 11.1 Å². The van der Waals surface area contributed by atoms with E-state index in [0.717, 1.165) is 0 Å². The van der Waals surface area contributed by atoms with E-state index >= 15 is 0 Å². The zero-order valence-corrected chi connectivity index (χ0v) is 9.46. The minimum absolute atomic E-state index is 0.292. The molecule has 76 valence electrons. The number of nitrogens with two attached hydrogens (primary N) is 1. The maximum atomic E-state index is 6.08. The lowest BCUT2D eigenvalue weighted by molar-refractivity contribution is 0.599. The van der Waals surface area contributed by atoms with Crippen molar-refractivity contribution in [3.05, 3.63) is 34.9 Å². The van der Waals surface area contributed by atoms with Gasteiger partial charge >= 0.3 is 0 Å². The molecule has 0 radical (unpaired) electrons. The first-order valence-corrected chi connectivity index (χ1v) is 5.26. The zero-order valence-electron chi connectivity index (χ0n) is 9.46. The smallest absolute Gasteiger partial charge is 0.0172 e. The molecule has 2 unspecified atom stereocenters. The van der Waals surface area contributed by atoms with Crippen LogP contribution in [-0.2, 0) is 0 Å². The van der Waals surface area contributed by atoms with Crippen molar-refractivity contribution in [2.45, 2.75) is 39.7 Å². The van der Waals surface area contributed by atoms with Crippen LogP contribution in [0.1, 0.15) is 36.5 Å². The second-order valence-corrected chi connectivity index (χ2v) is 5.25. The van der Waals surface area contributed by atoms with Crippen molar-refractivity contribution in [1.82, 2.24) is 0 Å². The van der Waals surface area contributed by atoms with E-state index in [1.165, 1.54) is 16.7 Å². The Morgan fingerprint density at radius 2 is 1.50 bits per heavy atom. The largest absolute Gasteiger partial charge is 0.327 e. The van der Waals surface area contributed by atoms with Crippen LogP contribution in [0.5, 0.6) is 0 Å². The fraction of sp³-hybridized carbons (Fsp3) is 0.538. The average molecular weight is 189 g/mol. The van der Waals surface area contributed by atoms with E-state index in [2.05, 4.69) is 45.9 Å². The molecule has 2 rings (SSSR count). The number of hydrogen-bond donors (Lipinski definition) is 1. The monoisotopic (exact) mass is 189 g/mol. The van der Waals surface area contributed by atoms with Gasteiger partial charge in [0.1, 0.15) is 0 Å². The molecule has 0 amide bonds. The van der Waals surface area contributed by atoms with E-state index in [9.17, 15) is 0 Å². The zero-order chi connectivity index (χ0) is 10.5. The summed E-state index contributed by atoms with van der Waals surface area (Å²) in [7, 11) is 0. The molecule has 1 aliphatic rings. The lowest BCUT2D eigenvalue weighted by atomic mass is 9.99. The van der Waals surface area contributed by atoms with Crippen LogP contribution >= 0.6 is 0 Å². The minimum Gasteiger partial charge on any atom is -0.327 e. The Kier molecular flexibility index (Phi) is 1.97. The summed E-state index contributed by atoms with van der Waals surface area (Å²) in [6.45, 7) is 8.80. The SMILES string of the molecule is Cc1cc(C)cc(C2C(N)C2(C)C)c1. The fourth-order valence-corrected chi connectivity index (χ4v) is 2.50. The summed E-state index contributed by atoms with van der Waals surface area (Å²) in [5, 5.41) is 0. The van der Waals surface area contributed by atoms with E-state index in [1.54, 1.807) is 0 Å². The highest BCUT2D eigenvalue weighted by atomic mass is 14.8. The molecule has 1 aromatic rings. The summed E-state index contributed by atoms with van der Waals surface area (Å²) in [4.78, 5) is 0. The minimum atomic E-state index is 0.292. The maximum absolute atomic E-state index is 6.08. The van der Waals surface area contributed by atoms with Gasteiger partial charge in [-0.25, -0.2) is 0 Å². The van der Waals surface area contributed by atoms with Crippen LogP contribution in [0.3, 0.4) is 0 Å². The van der Waals surface area contributed by atoms with Gasteiger partial charge in [0.25, 0.3) is 0 Å². The van der Waals surface area contributed by atoms with Gasteiger partial charge in [0.05, 0.1) is 0 Å². The molecule has 0 aliphatic heterocycles. The van der Waals surface area contributed by atoms with Crippen LogP contribution in [0.2, 0.25) is 0 Å². The Bertz CT molecular complexity index is 345. The number of aryl methyl sites for hydroxylation is 2. The van der Waals surface area contributed by atoms with E-state index in [0.29, 0.717) is 17.4 Å². The molecule has 1 nitrogen and oxygen atoms in total. The second kappa shape index (κ2) is 2.83. The third-order valence-electron chi connectivity index (χ3n) is 3.51. The molecule has 0 spiro atoms. The Morgan fingerprint density at radius 3 is 1.86 bits per heavy atom. The number of hydrogen-bond acceptors (Lipinski definition) is 1. The summed E-state index contributed by atoms with van der Waals surface area (Å²) in [5.74, 6) is 0.557. The standard InChI is InChI=1S/C13H19N/c1-8-5-9(2)7-10(6-8)11-12(14)13(11,3)4/h5-7,11-12H,14H2,1-4H3. The van der Waals surface area contributed by atoms with E-state index in [1.807, 2.05) is 0 Å². The summed E-state index contributed by atoms with van der Waals surface area (Å²) >= 11 is 0. The van der Waals surface area contributed by atoms with E-state index in [4.69, 9.17) is 5.73 Å². The van der Waals surface area contributed by atoms with Crippen molar-refractivity contribution in [3.8, 4) is 0 Å². The predicted molar refractivity (Wildman–Crippen MR) is 60.4 cm³/mol. The summed E-state index contributed by atoms with van der Waals surface area (Å²) in [5.41, 5.74) is 10.5. The molecular weight excluding hydrogens is 170 g/mol. The molecule has 1 fully saturated rings. The summed E-state index contributed by atoms with van der Waals surface area (Å²) in [6.07, 6.45) is 0. The molecule has 2 atom stereocenters. The van der Waals surface area contributed by atoms with Crippen molar-refractivity contribution >= 4 is 0 Å². The molecule has 0 aromatic heterocycles. The fourth-order valence-electron chi connectivity index (χ4n) is 2.50. The summed E-state index contributed by atoms with van der Waals surface area (Å²) < 4.78 is 0. The lowest BCUT2D eigenvalue weighted by Gasteiger charge is -2.05. The van der Waals surface area contributed by atoms with E-state index < -0.39 is 0 Å². The van der Waals surface area contributed by atoms with Gasteiger partial charge in [-0.15, -0.1) is 0 Å². The van der Waals surface area contributed by atoms with Crippen LogP contribution in [0.15, 0.2) is 18.2 Å². The highest BCUT2D eigenvalue weighted by Gasteiger charge is 2.56.